The standard InChI is InChI=1S/C14H19BrN2O2/c1-10-12(15)3-2-4-13(10)16-14(19)17-7-5-11(9-18)6-8-17/h2-4,11,18H,5-9H2,1H3,(H,16,19). The van der Waals surface area contributed by atoms with Crippen molar-refractivity contribution in [3.8, 4) is 0 Å². The Bertz CT molecular complexity index is 457. The van der Waals surface area contributed by atoms with Gasteiger partial charge in [0.15, 0.2) is 0 Å². The van der Waals surface area contributed by atoms with Gasteiger partial charge in [-0.2, -0.15) is 0 Å². The number of nitrogens with zero attached hydrogens (tertiary/aromatic N) is 1. The van der Waals surface area contributed by atoms with Crippen LogP contribution in [-0.2, 0) is 0 Å². The van der Waals surface area contributed by atoms with Crippen LogP contribution < -0.4 is 5.32 Å². The van der Waals surface area contributed by atoms with Crippen LogP contribution >= 0.6 is 15.9 Å². The number of aliphatic hydroxyl groups excluding tert-OH is 1. The van der Waals surface area contributed by atoms with Crippen molar-refractivity contribution < 1.29 is 9.90 Å². The quantitative estimate of drug-likeness (QED) is 0.877. The van der Waals surface area contributed by atoms with E-state index in [1.807, 2.05) is 30.0 Å². The van der Waals surface area contributed by atoms with E-state index < -0.39 is 0 Å². The highest BCUT2D eigenvalue weighted by molar-refractivity contribution is 9.10. The summed E-state index contributed by atoms with van der Waals surface area (Å²) < 4.78 is 0.990. The molecule has 4 nitrogen and oxygen atoms in total. The summed E-state index contributed by atoms with van der Waals surface area (Å²) in [5.41, 5.74) is 1.87. The van der Waals surface area contributed by atoms with Gasteiger partial charge in [0.05, 0.1) is 0 Å². The molecule has 5 heteroatoms. The molecule has 1 aliphatic heterocycles. The zero-order valence-electron chi connectivity index (χ0n) is 11.0. The molecule has 1 aliphatic rings. The number of piperidine rings is 1. The number of aliphatic hydroxyl groups is 1. The number of likely N-dealkylation sites (tertiary alicyclic amines) is 1. The average molecular weight is 327 g/mol. The second kappa shape index (κ2) is 6.39. The van der Waals surface area contributed by atoms with Crippen molar-refractivity contribution >= 4 is 27.6 Å². The minimum atomic E-state index is -0.0578. The van der Waals surface area contributed by atoms with Crippen LogP contribution in [0.25, 0.3) is 0 Å². The summed E-state index contributed by atoms with van der Waals surface area (Å²) in [6.45, 7) is 3.62. The van der Waals surface area contributed by atoms with Gasteiger partial charge < -0.3 is 15.3 Å². The van der Waals surface area contributed by atoms with Gasteiger partial charge in [-0.3, -0.25) is 0 Å². The minimum absolute atomic E-state index is 0.0578. The zero-order chi connectivity index (χ0) is 13.8. The Morgan fingerprint density at radius 1 is 1.47 bits per heavy atom. The van der Waals surface area contributed by atoms with Gasteiger partial charge in [0, 0.05) is 29.9 Å². The Labute approximate surface area is 121 Å². The van der Waals surface area contributed by atoms with Gasteiger partial charge in [0.2, 0.25) is 0 Å². The molecule has 0 bridgehead atoms. The van der Waals surface area contributed by atoms with Crippen molar-refractivity contribution in [2.75, 3.05) is 25.0 Å². The van der Waals surface area contributed by atoms with Gasteiger partial charge in [-0.1, -0.05) is 22.0 Å². The molecule has 0 atom stereocenters. The number of urea groups is 1. The fourth-order valence-corrected chi connectivity index (χ4v) is 2.62. The first-order valence-electron chi connectivity index (χ1n) is 6.53. The number of rotatable bonds is 2. The zero-order valence-corrected chi connectivity index (χ0v) is 12.6. The van der Waals surface area contributed by atoms with Gasteiger partial charge in [0.25, 0.3) is 0 Å². The lowest BCUT2D eigenvalue weighted by Crippen LogP contribution is -2.41. The molecule has 2 N–H and O–H groups in total. The van der Waals surface area contributed by atoms with Gasteiger partial charge >= 0.3 is 6.03 Å². The molecule has 19 heavy (non-hydrogen) atoms. The van der Waals surface area contributed by atoms with Gasteiger partial charge in [0.1, 0.15) is 0 Å². The van der Waals surface area contributed by atoms with E-state index in [-0.39, 0.29) is 12.6 Å². The number of hydrogen-bond donors (Lipinski definition) is 2. The maximum Gasteiger partial charge on any atom is 0.321 e. The third kappa shape index (κ3) is 3.48. The number of carbonyl (C=O) groups excluding carboxylic acids is 1. The van der Waals surface area contributed by atoms with Crippen LogP contribution in [0.15, 0.2) is 22.7 Å². The molecule has 1 fully saturated rings. The van der Waals surface area contributed by atoms with E-state index in [1.165, 1.54) is 0 Å². The number of anilines is 1. The molecule has 1 aromatic carbocycles. The Morgan fingerprint density at radius 3 is 2.79 bits per heavy atom. The predicted octanol–water partition coefficient (Wildman–Crippen LogP) is 2.99. The number of halogens is 1. The first-order valence-corrected chi connectivity index (χ1v) is 7.33. The van der Waals surface area contributed by atoms with Crippen LogP contribution in [0, 0.1) is 12.8 Å². The van der Waals surface area contributed by atoms with E-state index in [0.29, 0.717) is 19.0 Å². The molecule has 2 amide bonds. The maximum atomic E-state index is 12.2. The molecule has 1 aromatic rings. The Balaban J connectivity index is 1.96. The summed E-state index contributed by atoms with van der Waals surface area (Å²) >= 11 is 3.46. The summed E-state index contributed by atoms with van der Waals surface area (Å²) in [5.74, 6) is 0.344. The number of amides is 2. The van der Waals surface area contributed by atoms with E-state index in [9.17, 15) is 4.79 Å². The first kappa shape index (κ1) is 14.3. The van der Waals surface area contributed by atoms with E-state index in [4.69, 9.17) is 5.11 Å². The van der Waals surface area contributed by atoms with Crippen LogP contribution in [0.1, 0.15) is 18.4 Å². The predicted molar refractivity (Wildman–Crippen MR) is 79.3 cm³/mol. The fourth-order valence-electron chi connectivity index (χ4n) is 2.26. The van der Waals surface area contributed by atoms with Crippen molar-refractivity contribution in [1.82, 2.24) is 4.90 Å². The molecule has 0 aliphatic carbocycles. The summed E-state index contributed by atoms with van der Waals surface area (Å²) in [4.78, 5) is 14.0. The second-order valence-corrected chi connectivity index (χ2v) is 5.81. The summed E-state index contributed by atoms with van der Waals surface area (Å²) in [7, 11) is 0. The van der Waals surface area contributed by atoms with Gasteiger partial charge in [-0.25, -0.2) is 4.79 Å². The van der Waals surface area contributed by atoms with Crippen molar-refractivity contribution in [3.05, 3.63) is 28.2 Å². The van der Waals surface area contributed by atoms with E-state index in [0.717, 1.165) is 28.6 Å². The van der Waals surface area contributed by atoms with Crippen LogP contribution in [-0.4, -0.2) is 35.7 Å². The highest BCUT2D eigenvalue weighted by atomic mass is 79.9. The molecule has 104 valence electrons. The molecule has 0 spiro atoms. The lowest BCUT2D eigenvalue weighted by atomic mass is 9.98. The van der Waals surface area contributed by atoms with Crippen molar-refractivity contribution in [2.24, 2.45) is 5.92 Å². The van der Waals surface area contributed by atoms with Crippen LogP contribution in [0.5, 0.6) is 0 Å². The maximum absolute atomic E-state index is 12.2. The molecular weight excluding hydrogens is 308 g/mol. The van der Waals surface area contributed by atoms with Crippen molar-refractivity contribution in [1.29, 1.82) is 0 Å². The largest absolute Gasteiger partial charge is 0.396 e. The SMILES string of the molecule is Cc1c(Br)cccc1NC(=O)N1CCC(CO)CC1. The minimum Gasteiger partial charge on any atom is -0.396 e. The molecule has 0 saturated carbocycles. The first-order chi connectivity index (χ1) is 9.11. The Kier molecular flexibility index (Phi) is 4.82. The third-order valence-corrected chi connectivity index (χ3v) is 4.53. The molecule has 1 heterocycles. The Hall–Kier alpha value is -1.07. The molecule has 0 aromatic heterocycles. The topological polar surface area (TPSA) is 52.6 Å². The van der Waals surface area contributed by atoms with Gasteiger partial charge in [-0.05, 0) is 43.4 Å². The van der Waals surface area contributed by atoms with Crippen LogP contribution in [0.4, 0.5) is 10.5 Å². The number of carbonyl (C=O) groups is 1. The van der Waals surface area contributed by atoms with E-state index >= 15 is 0 Å². The lowest BCUT2D eigenvalue weighted by molar-refractivity contribution is 0.143. The molecular formula is C14H19BrN2O2. The highest BCUT2D eigenvalue weighted by Crippen LogP contribution is 2.24. The summed E-state index contributed by atoms with van der Waals surface area (Å²) in [6.07, 6.45) is 1.75. The molecule has 2 rings (SSSR count). The van der Waals surface area contributed by atoms with Crippen molar-refractivity contribution in [3.63, 3.8) is 0 Å². The molecule has 1 saturated heterocycles. The summed E-state index contributed by atoms with van der Waals surface area (Å²) in [5, 5.41) is 12.0. The van der Waals surface area contributed by atoms with Gasteiger partial charge in [-0.15, -0.1) is 0 Å². The number of hydrogen-bond acceptors (Lipinski definition) is 2. The molecule has 0 unspecified atom stereocenters. The Morgan fingerprint density at radius 2 is 2.16 bits per heavy atom. The average Bonchev–Trinajstić information content (AvgIpc) is 2.44. The second-order valence-electron chi connectivity index (χ2n) is 4.96. The van der Waals surface area contributed by atoms with Crippen molar-refractivity contribution in [2.45, 2.75) is 19.8 Å². The third-order valence-electron chi connectivity index (χ3n) is 3.67. The normalized spacial score (nSPS) is 16.5. The van der Waals surface area contributed by atoms with Crippen LogP contribution in [0.3, 0.4) is 0 Å². The summed E-state index contributed by atoms with van der Waals surface area (Å²) in [6, 6.07) is 5.71. The van der Waals surface area contributed by atoms with E-state index in [1.54, 1.807) is 0 Å². The number of nitrogens with one attached hydrogen (secondary N) is 1. The monoisotopic (exact) mass is 326 g/mol. The smallest absolute Gasteiger partial charge is 0.321 e. The number of benzene rings is 1. The lowest BCUT2D eigenvalue weighted by Gasteiger charge is -2.31. The fraction of sp³-hybridized carbons (Fsp3) is 0.500. The van der Waals surface area contributed by atoms with Crippen LogP contribution in [0.2, 0.25) is 0 Å². The molecule has 0 radical (unpaired) electrons. The highest BCUT2D eigenvalue weighted by Gasteiger charge is 2.22. The van der Waals surface area contributed by atoms with E-state index in [2.05, 4.69) is 21.2 Å².